The molecule has 0 bridgehead atoms. The summed E-state index contributed by atoms with van der Waals surface area (Å²) in [6.45, 7) is 13.6. The molecule has 0 aliphatic rings. The third kappa shape index (κ3) is 3.41. The highest BCUT2D eigenvalue weighted by Gasteiger charge is 2.14. The average Bonchev–Trinajstić information content (AvgIpc) is 2.73. The number of hydrogen-bond acceptors (Lipinski definition) is 2. The molecule has 0 radical (unpaired) electrons. The van der Waals surface area contributed by atoms with Crippen molar-refractivity contribution in [3.05, 3.63) is 29.5 Å². The van der Waals surface area contributed by atoms with Gasteiger partial charge in [0.25, 0.3) is 0 Å². The van der Waals surface area contributed by atoms with E-state index in [0.29, 0.717) is 6.04 Å². The molecule has 2 aromatic rings. The summed E-state index contributed by atoms with van der Waals surface area (Å²) in [6, 6.07) is 6.96. The van der Waals surface area contributed by atoms with Gasteiger partial charge in [0.2, 0.25) is 0 Å². The monoisotopic (exact) mass is 288 g/mol. The first kappa shape index (κ1) is 15.9. The normalized spacial score (nSPS) is 11.5. The largest absolute Gasteiger partial charge is 0.494 e. The first-order valence-corrected chi connectivity index (χ1v) is 8.06. The van der Waals surface area contributed by atoms with Crippen LogP contribution in [0.5, 0.6) is 5.75 Å². The Labute approximate surface area is 128 Å². The SMILES string of the molecule is CCCOc1ccc2c(c1)c(CNC(C)C)c(C)n2CC. The second-order valence-corrected chi connectivity index (χ2v) is 5.87. The van der Waals surface area contributed by atoms with E-state index in [4.69, 9.17) is 4.74 Å². The zero-order chi connectivity index (χ0) is 15.4. The minimum absolute atomic E-state index is 0.490. The molecule has 0 aliphatic carbocycles. The van der Waals surface area contributed by atoms with Crippen molar-refractivity contribution in [3.63, 3.8) is 0 Å². The molecule has 0 unspecified atom stereocenters. The van der Waals surface area contributed by atoms with Crippen LogP contribution < -0.4 is 10.1 Å². The third-order valence-corrected chi connectivity index (χ3v) is 3.90. The van der Waals surface area contributed by atoms with Crippen LogP contribution in [-0.4, -0.2) is 17.2 Å². The summed E-state index contributed by atoms with van der Waals surface area (Å²) in [5, 5.41) is 4.86. The summed E-state index contributed by atoms with van der Waals surface area (Å²) in [5.41, 5.74) is 4.05. The molecule has 1 N–H and O–H groups in total. The lowest BCUT2D eigenvalue weighted by atomic mass is 10.1. The average molecular weight is 288 g/mol. The number of aromatic nitrogens is 1. The maximum atomic E-state index is 5.80. The summed E-state index contributed by atoms with van der Waals surface area (Å²) in [4.78, 5) is 0. The highest BCUT2D eigenvalue weighted by atomic mass is 16.5. The van der Waals surface area contributed by atoms with Crippen molar-refractivity contribution in [1.29, 1.82) is 0 Å². The summed E-state index contributed by atoms with van der Waals surface area (Å²) >= 11 is 0. The first-order chi connectivity index (χ1) is 10.1. The van der Waals surface area contributed by atoms with E-state index in [2.05, 4.69) is 62.7 Å². The fourth-order valence-corrected chi connectivity index (χ4v) is 2.78. The number of benzene rings is 1. The number of ether oxygens (including phenoxy) is 1. The standard InChI is InChI=1S/C18H28N2O/c1-6-10-21-15-8-9-18-16(11-15)17(12-19-13(3)4)14(5)20(18)7-2/h8-9,11,13,19H,6-7,10,12H2,1-5H3. The Morgan fingerprint density at radius 1 is 1.24 bits per heavy atom. The van der Waals surface area contributed by atoms with Gasteiger partial charge >= 0.3 is 0 Å². The van der Waals surface area contributed by atoms with E-state index >= 15 is 0 Å². The van der Waals surface area contributed by atoms with Gasteiger partial charge in [0.1, 0.15) is 5.75 Å². The molecule has 0 saturated heterocycles. The van der Waals surface area contributed by atoms with Gasteiger partial charge in [-0.05, 0) is 44.0 Å². The molecule has 0 fully saturated rings. The van der Waals surface area contributed by atoms with E-state index in [1.54, 1.807) is 0 Å². The molecule has 0 aliphatic heterocycles. The van der Waals surface area contributed by atoms with Crippen LogP contribution in [0.2, 0.25) is 0 Å². The lowest BCUT2D eigenvalue weighted by Gasteiger charge is -2.09. The Hall–Kier alpha value is -1.48. The van der Waals surface area contributed by atoms with Gasteiger partial charge in [0.15, 0.2) is 0 Å². The molecule has 3 heteroatoms. The van der Waals surface area contributed by atoms with Crippen LogP contribution in [0.1, 0.15) is 45.4 Å². The number of aryl methyl sites for hydroxylation is 1. The summed E-state index contributed by atoms with van der Waals surface area (Å²) < 4.78 is 8.18. The van der Waals surface area contributed by atoms with E-state index in [-0.39, 0.29) is 0 Å². The zero-order valence-electron chi connectivity index (χ0n) is 14.0. The van der Waals surface area contributed by atoms with Crippen molar-refractivity contribution in [2.75, 3.05) is 6.61 Å². The van der Waals surface area contributed by atoms with Crippen LogP contribution in [-0.2, 0) is 13.1 Å². The van der Waals surface area contributed by atoms with Gasteiger partial charge in [-0.25, -0.2) is 0 Å². The van der Waals surface area contributed by atoms with Gasteiger partial charge in [-0.1, -0.05) is 20.8 Å². The van der Waals surface area contributed by atoms with E-state index in [9.17, 15) is 0 Å². The minimum Gasteiger partial charge on any atom is -0.494 e. The van der Waals surface area contributed by atoms with Crippen LogP contribution in [0.15, 0.2) is 18.2 Å². The fraction of sp³-hybridized carbons (Fsp3) is 0.556. The van der Waals surface area contributed by atoms with E-state index in [0.717, 1.165) is 31.9 Å². The topological polar surface area (TPSA) is 26.2 Å². The van der Waals surface area contributed by atoms with Crippen molar-refractivity contribution in [1.82, 2.24) is 9.88 Å². The van der Waals surface area contributed by atoms with Crippen molar-refractivity contribution in [3.8, 4) is 5.75 Å². The van der Waals surface area contributed by atoms with Crippen LogP contribution in [0.25, 0.3) is 10.9 Å². The Morgan fingerprint density at radius 3 is 2.62 bits per heavy atom. The molecule has 116 valence electrons. The Morgan fingerprint density at radius 2 is 2.00 bits per heavy atom. The van der Waals surface area contributed by atoms with Gasteiger partial charge in [-0.3, -0.25) is 0 Å². The van der Waals surface area contributed by atoms with Crippen LogP contribution >= 0.6 is 0 Å². The van der Waals surface area contributed by atoms with Gasteiger partial charge in [0, 0.05) is 35.7 Å². The number of nitrogens with one attached hydrogen (secondary N) is 1. The van der Waals surface area contributed by atoms with Crippen LogP contribution in [0.4, 0.5) is 0 Å². The Bertz CT molecular complexity index is 599. The number of hydrogen-bond donors (Lipinski definition) is 1. The molecule has 0 saturated carbocycles. The molecule has 1 aromatic heterocycles. The van der Waals surface area contributed by atoms with Crippen molar-refractivity contribution in [2.45, 2.75) is 60.2 Å². The highest BCUT2D eigenvalue weighted by Crippen LogP contribution is 2.29. The molecule has 3 nitrogen and oxygen atoms in total. The molecule has 21 heavy (non-hydrogen) atoms. The quantitative estimate of drug-likeness (QED) is 0.824. The second-order valence-electron chi connectivity index (χ2n) is 5.87. The Balaban J connectivity index is 2.44. The molecule has 0 atom stereocenters. The number of fused-ring (bicyclic) bond motifs is 1. The van der Waals surface area contributed by atoms with Crippen LogP contribution in [0, 0.1) is 6.92 Å². The Kier molecular flexibility index (Phi) is 5.29. The van der Waals surface area contributed by atoms with Crippen molar-refractivity contribution >= 4 is 10.9 Å². The molecular formula is C18H28N2O. The zero-order valence-corrected chi connectivity index (χ0v) is 14.0. The first-order valence-electron chi connectivity index (χ1n) is 8.06. The minimum atomic E-state index is 0.490. The lowest BCUT2D eigenvalue weighted by molar-refractivity contribution is 0.318. The third-order valence-electron chi connectivity index (χ3n) is 3.90. The summed E-state index contributed by atoms with van der Waals surface area (Å²) in [5.74, 6) is 0.975. The maximum absolute atomic E-state index is 5.80. The maximum Gasteiger partial charge on any atom is 0.120 e. The molecule has 1 heterocycles. The molecule has 2 rings (SSSR count). The fourth-order valence-electron chi connectivity index (χ4n) is 2.78. The molecule has 1 aromatic carbocycles. The van der Waals surface area contributed by atoms with Crippen molar-refractivity contribution in [2.24, 2.45) is 0 Å². The highest BCUT2D eigenvalue weighted by molar-refractivity contribution is 5.87. The van der Waals surface area contributed by atoms with Crippen molar-refractivity contribution < 1.29 is 4.74 Å². The smallest absolute Gasteiger partial charge is 0.120 e. The predicted molar refractivity (Wildman–Crippen MR) is 90.1 cm³/mol. The number of nitrogens with zero attached hydrogens (tertiary/aromatic N) is 1. The molecule has 0 amide bonds. The van der Waals surface area contributed by atoms with Gasteiger partial charge in [-0.2, -0.15) is 0 Å². The summed E-state index contributed by atoms with van der Waals surface area (Å²) in [7, 11) is 0. The van der Waals surface area contributed by atoms with E-state index in [1.165, 1.54) is 22.2 Å². The predicted octanol–water partition coefficient (Wildman–Crippen LogP) is 4.26. The summed E-state index contributed by atoms with van der Waals surface area (Å²) in [6.07, 6.45) is 1.04. The van der Waals surface area contributed by atoms with Crippen LogP contribution in [0.3, 0.4) is 0 Å². The molecule has 0 spiro atoms. The van der Waals surface area contributed by atoms with Gasteiger partial charge in [-0.15, -0.1) is 0 Å². The van der Waals surface area contributed by atoms with E-state index < -0.39 is 0 Å². The molecular weight excluding hydrogens is 260 g/mol. The van der Waals surface area contributed by atoms with E-state index in [1.807, 2.05) is 0 Å². The van der Waals surface area contributed by atoms with Gasteiger partial charge in [0.05, 0.1) is 6.61 Å². The van der Waals surface area contributed by atoms with Gasteiger partial charge < -0.3 is 14.6 Å². The number of rotatable bonds is 7. The lowest BCUT2D eigenvalue weighted by Crippen LogP contribution is -2.22. The second kappa shape index (κ2) is 6.99.